The predicted molar refractivity (Wildman–Crippen MR) is 116 cm³/mol. The zero-order chi connectivity index (χ0) is 21.3. The van der Waals surface area contributed by atoms with Crippen LogP contribution in [0.5, 0.6) is 5.75 Å². The maximum Gasteiger partial charge on any atom is 0.224 e. The van der Waals surface area contributed by atoms with Gasteiger partial charge in [-0.15, -0.1) is 0 Å². The highest BCUT2D eigenvalue weighted by Gasteiger charge is 2.34. The van der Waals surface area contributed by atoms with E-state index in [0.29, 0.717) is 42.9 Å². The van der Waals surface area contributed by atoms with E-state index in [4.69, 9.17) is 4.74 Å². The fourth-order valence-electron chi connectivity index (χ4n) is 4.17. The number of rotatable bonds is 5. The number of carbonyl (C=O) groups is 1. The van der Waals surface area contributed by atoms with Crippen molar-refractivity contribution in [3.8, 4) is 5.75 Å². The summed E-state index contributed by atoms with van der Waals surface area (Å²) >= 11 is 0. The lowest BCUT2D eigenvalue weighted by Gasteiger charge is -2.39. The Labute approximate surface area is 176 Å². The molecule has 1 fully saturated rings. The average molecular weight is 413 g/mol. The van der Waals surface area contributed by atoms with Crippen molar-refractivity contribution in [3.05, 3.63) is 53.3 Å². The van der Waals surface area contributed by atoms with Gasteiger partial charge >= 0.3 is 0 Å². The van der Waals surface area contributed by atoms with Gasteiger partial charge in [-0.25, -0.2) is 4.39 Å². The lowest BCUT2D eigenvalue weighted by atomic mass is 9.91. The van der Waals surface area contributed by atoms with Crippen LogP contribution in [0.4, 0.5) is 15.8 Å². The summed E-state index contributed by atoms with van der Waals surface area (Å²) in [5.74, 6) is 0.395. The van der Waals surface area contributed by atoms with Crippen molar-refractivity contribution in [2.45, 2.75) is 51.0 Å². The molecular formula is C24H29FN2O3. The summed E-state index contributed by atoms with van der Waals surface area (Å²) < 4.78 is 20.0. The molecule has 1 saturated heterocycles. The van der Waals surface area contributed by atoms with Crippen LogP contribution in [-0.4, -0.2) is 36.3 Å². The van der Waals surface area contributed by atoms with Gasteiger partial charge in [0.05, 0.1) is 5.69 Å². The van der Waals surface area contributed by atoms with Gasteiger partial charge in [0.2, 0.25) is 5.91 Å². The molecule has 160 valence electrons. The first-order chi connectivity index (χ1) is 14.3. The van der Waals surface area contributed by atoms with Crippen LogP contribution in [-0.2, 0) is 11.2 Å². The van der Waals surface area contributed by atoms with Gasteiger partial charge in [-0.05, 0) is 55.0 Å². The molecule has 1 amide bonds. The third-order valence-corrected chi connectivity index (χ3v) is 6.20. The van der Waals surface area contributed by atoms with Crippen LogP contribution in [0.3, 0.4) is 0 Å². The second-order valence-electron chi connectivity index (χ2n) is 8.69. The highest BCUT2D eigenvalue weighted by molar-refractivity contribution is 5.94. The van der Waals surface area contributed by atoms with Crippen molar-refractivity contribution in [3.63, 3.8) is 0 Å². The number of halogens is 1. The number of aliphatic hydroxyl groups is 1. The Bertz CT molecular complexity index is 919. The molecule has 2 aromatic carbocycles. The van der Waals surface area contributed by atoms with Crippen LogP contribution in [0.2, 0.25) is 0 Å². The highest BCUT2D eigenvalue weighted by Crippen LogP contribution is 2.35. The number of anilines is 2. The molecule has 4 rings (SSSR count). The number of benzene rings is 2. The topological polar surface area (TPSA) is 61.8 Å². The third kappa shape index (κ3) is 4.29. The molecule has 0 radical (unpaired) electrons. The second-order valence-corrected chi connectivity index (χ2v) is 8.69. The summed E-state index contributed by atoms with van der Waals surface area (Å²) in [4.78, 5) is 13.9. The Morgan fingerprint density at radius 3 is 2.50 bits per heavy atom. The first-order valence-electron chi connectivity index (χ1n) is 10.7. The fourth-order valence-corrected chi connectivity index (χ4v) is 4.17. The molecule has 2 N–H and O–H groups in total. The standard InChI is InChI=1S/C24H29FN2O3/c1-16(2)17-3-5-18(6-4-17)27-13-11-24(29,12-14-27)15-30-21-9-8-20(25)23-19(21)7-10-22(28)26-23/h3-6,8-9,16,29H,7,10-15H2,1-2H3,(H,26,28). The Kier molecular flexibility index (Phi) is 5.69. The number of hydrogen-bond acceptors (Lipinski definition) is 4. The number of carbonyl (C=O) groups excluding carboxylic acids is 1. The smallest absolute Gasteiger partial charge is 0.224 e. The van der Waals surface area contributed by atoms with Crippen molar-refractivity contribution < 1.29 is 19.0 Å². The molecule has 0 unspecified atom stereocenters. The van der Waals surface area contributed by atoms with Crippen LogP contribution in [0.15, 0.2) is 36.4 Å². The zero-order valence-electron chi connectivity index (χ0n) is 17.6. The van der Waals surface area contributed by atoms with Crippen molar-refractivity contribution in [1.29, 1.82) is 0 Å². The normalized spacial score (nSPS) is 18.2. The Hall–Kier alpha value is -2.60. The van der Waals surface area contributed by atoms with Crippen molar-refractivity contribution in [2.75, 3.05) is 29.9 Å². The number of piperidine rings is 1. The van der Waals surface area contributed by atoms with Gasteiger partial charge in [-0.3, -0.25) is 4.79 Å². The van der Waals surface area contributed by atoms with Gasteiger partial charge in [0.1, 0.15) is 23.8 Å². The van der Waals surface area contributed by atoms with Crippen LogP contribution < -0.4 is 15.0 Å². The number of fused-ring (bicyclic) bond motifs is 1. The van der Waals surface area contributed by atoms with Crippen molar-refractivity contribution in [1.82, 2.24) is 0 Å². The molecule has 2 heterocycles. The van der Waals surface area contributed by atoms with E-state index < -0.39 is 11.4 Å². The molecule has 0 aliphatic carbocycles. The fraction of sp³-hybridized carbons (Fsp3) is 0.458. The molecule has 5 nitrogen and oxygen atoms in total. The average Bonchev–Trinajstić information content (AvgIpc) is 2.74. The maximum atomic E-state index is 14.0. The summed E-state index contributed by atoms with van der Waals surface area (Å²) in [5, 5.41) is 13.6. The number of hydrogen-bond donors (Lipinski definition) is 2. The molecule has 0 atom stereocenters. The lowest BCUT2D eigenvalue weighted by Crippen LogP contribution is -2.48. The molecule has 6 heteroatoms. The van der Waals surface area contributed by atoms with E-state index in [-0.39, 0.29) is 18.2 Å². The number of nitrogens with one attached hydrogen (secondary N) is 1. The first kappa shape index (κ1) is 20.7. The van der Waals surface area contributed by atoms with Gasteiger partial charge in [-0.1, -0.05) is 26.0 Å². The number of amides is 1. The highest BCUT2D eigenvalue weighted by atomic mass is 19.1. The molecule has 30 heavy (non-hydrogen) atoms. The zero-order valence-corrected chi connectivity index (χ0v) is 17.6. The SMILES string of the molecule is CC(C)c1ccc(N2CCC(O)(COc3ccc(F)c4c3CCC(=O)N4)CC2)cc1. The monoisotopic (exact) mass is 412 g/mol. The van der Waals surface area contributed by atoms with Gasteiger partial charge in [0.15, 0.2) is 0 Å². The summed E-state index contributed by atoms with van der Waals surface area (Å²) in [6.07, 6.45) is 1.94. The number of nitrogens with zero attached hydrogens (tertiary/aromatic N) is 1. The lowest BCUT2D eigenvalue weighted by molar-refractivity contribution is -0.116. The Morgan fingerprint density at radius 1 is 1.13 bits per heavy atom. The largest absolute Gasteiger partial charge is 0.490 e. The van der Waals surface area contributed by atoms with Gasteiger partial charge in [0.25, 0.3) is 0 Å². The van der Waals surface area contributed by atoms with Crippen molar-refractivity contribution in [2.24, 2.45) is 0 Å². The summed E-state index contributed by atoms with van der Waals surface area (Å²) in [6.45, 7) is 6.01. The van der Waals surface area contributed by atoms with Gasteiger partial charge in [-0.2, -0.15) is 0 Å². The summed E-state index contributed by atoms with van der Waals surface area (Å²) in [5.41, 5.74) is 2.44. The van der Waals surface area contributed by atoms with E-state index in [1.54, 1.807) is 6.07 Å². The molecule has 0 saturated carbocycles. The quantitative estimate of drug-likeness (QED) is 0.771. The minimum absolute atomic E-state index is 0.152. The maximum absolute atomic E-state index is 14.0. The van der Waals surface area contributed by atoms with Crippen molar-refractivity contribution >= 4 is 17.3 Å². The summed E-state index contributed by atoms with van der Waals surface area (Å²) in [6, 6.07) is 11.5. The van der Waals surface area contributed by atoms with E-state index in [2.05, 4.69) is 48.3 Å². The van der Waals surface area contributed by atoms with Crippen LogP contribution in [0.1, 0.15) is 50.2 Å². The Balaban J connectivity index is 1.38. The van der Waals surface area contributed by atoms with E-state index in [9.17, 15) is 14.3 Å². The first-order valence-corrected chi connectivity index (χ1v) is 10.7. The van der Waals surface area contributed by atoms with Crippen LogP contribution >= 0.6 is 0 Å². The molecule has 0 spiro atoms. The van der Waals surface area contributed by atoms with E-state index in [1.807, 2.05) is 0 Å². The second kappa shape index (κ2) is 8.26. The van der Waals surface area contributed by atoms with E-state index in [1.165, 1.54) is 17.3 Å². The molecule has 2 aliphatic heterocycles. The molecule has 0 bridgehead atoms. The minimum atomic E-state index is -0.923. The van der Waals surface area contributed by atoms with E-state index >= 15 is 0 Å². The van der Waals surface area contributed by atoms with Crippen LogP contribution in [0.25, 0.3) is 0 Å². The molecule has 2 aromatic rings. The third-order valence-electron chi connectivity index (χ3n) is 6.20. The molecule has 2 aliphatic rings. The molecule has 0 aromatic heterocycles. The minimum Gasteiger partial charge on any atom is -0.490 e. The summed E-state index contributed by atoms with van der Waals surface area (Å²) in [7, 11) is 0. The molecular weight excluding hydrogens is 383 g/mol. The van der Waals surface area contributed by atoms with Crippen LogP contribution in [0, 0.1) is 5.82 Å². The van der Waals surface area contributed by atoms with E-state index in [0.717, 1.165) is 13.1 Å². The number of ether oxygens (including phenoxy) is 1. The van der Waals surface area contributed by atoms with Gasteiger partial charge in [0, 0.05) is 30.8 Å². The predicted octanol–water partition coefficient (Wildman–Crippen LogP) is 4.24. The Morgan fingerprint density at radius 2 is 1.83 bits per heavy atom. The van der Waals surface area contributed by atoms with Gasteiger partial charge < -0.3 is 20.1 Å².